The van der Waals surface area contributed by atoms with Gasteiger partial charge in [-0.05, 0) is 38.0 Å². The standard InChI is InChI=1S/C19H24N2O5/c1-11-9-21(10-12(2)26-11)18(23)14-5-3-13(4-6-14)8-20-17(22)15-7-16(15)19(24)25/h3-6,11-12,15-16H,7-10H2,1-2H3,(H,20,22)(H,24,25). The van der Waals surface area contributed by atoms with E-state index in [0.717, 1.165) is 5.56 Å². The van der Waals surface area contributed by atoms with Crippen molar-refractivity contribution in [3.8, 4) is 0 Å². The number of carbonyl (C=O) groups excluding carboxylic acids is 2. The summed E-state index contributed by atoms with van der Waals surface area (Å²) in [5.74, 6) is -2.13. The van der Waals surface area contributed by atoms with Crippen molar-refractivity contribution in [2.75, 3.05) is 13.1 Å². The van der Waals surface area contributed by atoms with Crippen LogP contribution in [0.5, 0.6) is 0 Å². The second-order valence-electron chi connectivity index (χ2n) is 7.17. The van der Waals surface area contributed by atoms with Gasteiger partial charge in [0.15, 0.2) is 0 Å². The number of hydrogen-bond acceptors (Lipinski definition) is 4. The summed E-state index contributed by atoms with van der Waals surface area (Å²) in [4.78, 5) is 37.1. The van der Waals surface area contributed by atoms with Crippen molar-refractivity contribution < 1.29 is 24.2 Å². The fraction of sp³-hybridized carbons (Fsp3) is 0.526. The van der Waals surface area contributed by atoms with Crippen LogP contribution in [0, 0.1) is 11.8 Å². The Labute approximate surface area is 152 Å². The minimum absolute atomic E-state index is 0.0224. The van der Waals surface area contributed by atoms with Gasteiger partial charge in [-0.3, -0.25) is 14.4 Å². The lowest BCUT2D eigenvalue weighted by Gasteiger charge is -2.35. The van der Waals surface area contributed by atoms with Gasteiger partial charge >= 0.3 is 5.97 Å². The summed E-state index contributed by atoms with van der Waals surface area (Å²) in [6.45, 7) is 5.38. The highest BCUT2D eigenvalue weighted by Crippen LogP contribution is 2.38. The van der Waals surface area contributed by atoms with E-state index in [1.54, 1.807) is 17.0 Å². The van der Waals surface area contributed by atoms with Gasteiger partial charge in [-0.1, -0.05) is 12.1 Å². The van der Waals surface area contributed by atoms with E-state index in [1.165, 1.54) is 0 Å². The maximum absolute atomic E-state index is 12.6. The monoisotopic (exact) mass is 360 g/mol. The molecule has 0 aromatic heterocycles. The smallest absolute Gasteiger partial charge is 0.307 e. The third-order valence-electron chi connectivity index (χ3n) is 4.82. The van der Waals surface area contributed by atoms with Crippen LogP contribution in [-0.2, 0) is 20.9 Å². The van der Waals surface area contributed by atoms with Gasteiger partial charge in [0.2, 0.25) is 5.91 Å². The summed E-state index contributed by atoms with van der Waals surface area (Å²) in [7, 11) is 0. The minimum Gasteiger partial charge on any atom is -0.481 e. The number of ether oxygens (including phenoxy) is 1. The Morgan fingerprint density at radius 1 is 1.12 bits per heavy atom. The van der Waals surface area contributed by atoms with Crippen LogP contribution >= 0.6 is 0 Å². The predicted molar refractivity (Wildman–Crippen MR) is 93.4 cm³/mol. The van der Waals surface area contributed by atoms with Gasteiger partial charge in [-0.15, -0.1) is 0 Å². The predicted octanol–water partition coefficient (Wildman–Crippen LogP) is 1.27. The lowest BCUT2D eigenvalue weighted by atomic mass is 10.1. The van der Waals surface area contributed by atoms with Crippen LogP contribution in [0.3, 0.4) is 0 Å². The van der Waals surface area contributed by atoms with Crippen LogP contribution in [-0.4, -0.2) is 53.1 Å². The van der Waals surface area contributed by atoms with E-state index in [1.807, 2.05) is 26.0 Å². The Morgan fingerprint density at radius 2 is 1.73 bits per heavy atom. The molecular weight excluding hydrogens is 336 g/mol. The zero-order valence-corrected chi connectivity index (χ0v) is 15.0. The molecular formula is C19H24N2O5. The maximum atomic E-state index is 12.6. The zero-order valence-electron chi connectivity index (χ0n) is 15.0. The number of benzene rings is 1. The largest absolute Gasteiger partial charge is 0.481 e. The number of rotatable bonds is 5. The number of carbonyl (C=O) groups is 3. The van der Waals surface area contributed by atoms with Crippen molar-refractivity contribution in [3.05, 3.63) is 35.4 Å². The van der Waals surface area contributed by atoms with Crippen molar-refractivity contribution in [2.24, 2.45) is 11.8 Å². The van der Waals surface area contributed by atoms with Crippen LogP contribution in [0.25, 0.3) is 0 Å². The van der Waals surface area contributed by atoms with Crippen molar-refractivity contribution in [1.29, 1.82) is 0 Å². The number of nitrogens with zero attached hydrogens (tertiary/aromatic N) is 1. The number of nitrogens with one attached hydrogen (secondary N) is 1. The summed E-state index contributed by atoms with van der Waals surface area (Å²) >= 11 is 0. The molecule has 3 rings (SSSR count). The number of morpholine rings is 1. The zero-order chi connectivity index (χ0) is 18.8. The molecule has 1 aromatic carbocycles. The van der Waals surface area contributed by atoms with Crippen LogP contribution < -0.4 is 5.32 Å². The topological polar surface area (TPSA) is 95.9 Å². The van der Waals surface area contributed by atoms with Crippen molar-refractivity contribution in [1.82, 2.24) is 10.2 Å². The van der Waals surface area contributed by atoms with Gasteiger partial charge in [0.05, 0.1) is 24.0 Å². The fourth-order valence-electron chi connectivity index (χ4n) is 3.37. The molecule has 7 nitrogen and oxygen atoms in total. The third kappa shape index (κ3) is 4.22. The van der Waals surface area contributed by atoms with E-state index in [4.69, 9.17) is 9.84 Å². The number of aliphatic carboxylic acids is 1. The highest BCUT2D eigenvalue weighted by atomic mass is 16.5. The summed E-state index contributed by atoms with van der Waals surface area (Å²) in [6, 6.07) is 7.13. The van der Waals surface area contributed by atoms with E-state index in [9.17, 15) is 14.4 Å². The molecule has 1 saturated heterocycles. The number of carboxylic acids is 1. The van der Waals surface area contributed by atoms with E-state index < -0.39 is 17.8 Å². The highest BCUT2D eigenvalue weighted by Gasteiger charge is 2.48. The van der Waals surface area contributed by atoms with E-state index in [-0.39, 0.29) is 24.0 Å². The molecule has 140 valence electrons. The molecule has 0 radical (unpaired) electrons. The van der Waals surface area contributed by atoms with Crippen LogP contribution in [0.15, 0.2) is 24.3 Å². The molecule has 4 unspecified atom stereocenters. The molecule has 1 heterocycles. The van der Waals surface area contributed by atoms with Gasteiger partial charge in [0, 0.05) is 25.2 Å². The SMILES string of the molecule is CC1CN(C(=O)c2ccc(CNC(=O)C3CC3C(=O)O)cc2)CC(C)O1. The molecule has 2 N–H and O–H groups in total. The molecule has 0 bridgehead atoms. The molecule has 26 heavy (non-hydrogen) atoms. The van der Waals surface area contributed by atoms with Crippen LogP contribution in [0.1, 0.15) is 36.2 Å². The van der Waals surface area contributed by atoms with E-state index >= 15 is 0 Å². The summed E-state index contributed by atoms with van der Waals surface area (Å²) in [6.07, 6.45) is 0.453. The van der Waals surface area contributed by atoms with Crippen molar-refractivity contribution in [2.45, 2.75) is 39.0 Å². The fourth-order valence-corrected chi connectivity index (χ4v) is 3.37. The van der Waals surface area contributed by atoms with Crippen LogP contribution in [0.4, 0.5) is 0 Å². The van der Waals surface area contributed by atoms with Gasteiger partial charge in [0.25, 0.3) is 5.91 Å². The Hall–Kier alpha value is -2.41. The molecule has 4 atom stereocenters. The van der Waals surface area contributed by atoms with E-state index in [2.05, 4.69) is 5.32 Å². The van der Waals surface area contributed by atoms with Gasteiger partial charge in [-0.25, -0.2) is 0 Å². The Balaban J connectivity index is 1.52. The average molecular weight is 360 g/mol. The second-order valence-corrected chi connectivity index (χ2v) is 7.17. The normalized spacial score (nSPS) is 27.7. The lowest BCUT2D eigenvalue weighted by Crippen LogP contribution is -2.48. The molecule has 1 aliphatic carbocycles. The summed E-state index contributed by atoms with van der Waals surface area (Å²) in [5, 5.41) is 11.6. The molecule has 2 fully saturated rings. The van der Waals surface area contributed by atoms with E-state index in [0.29, 0.717) is 31.6 Å². The maximum Gasteiger partial charge on any atom is 0.307 e. The Kier molecular flexibility index (Phi) is 5.27. The molecule has 1 saturated carbocycles. The molecule has 2 amide bonds. The first-order valence-corrected chi connectivity index (χ1v) is 8.89. The molecule has 7 heteroatoms. The average Bonchev–Trinajstić information content (AvgIpc) is 3.40. The Bertz CT molecular complexity index is 692. The molecule has 2 aliphatic rings. The van der Waals surface area contributed by atoms with Gasteiger partial charge in [-0.2, -0.15) is 0 Å². The Morgan fingerprint density at radius 3 is 2.27 bits per heavy atom. The molecule has 1 aliphatic heterocycles. The minimum atomic E-state index is -0.917. The van der Waals surface area contributed by atoms with Gasteiger partial charge < -0.3 is 20.1 Å². The number of hydrogen-bond donors (Lipinski definition) is 2. The van der Waals surface area contributed by atoms with Crippen molar-refractivity contribution >= 4 is 17.8 Å². The number of carboxylic acid groups (broad SMARTS) is 1. The summed E-state index contributed by atoms with van der Waals surface area (Å²) in [5.41, 5.74) is 1.47. The first-order valence-electron chi connectivity index (χ1n) is 8.89. The lowest BCUT2D eigenvalue weighted by molar-refractivity contribution is -0.140. The molecule has 1 aromatic rings. The van der Waals surface area contributed by atoms with Gasteiger partial charge in [0.1, 0.15) is 0 Å². The first-order chi connectivity index (χ1) is 12.3. The second kappa shape index (κ2) is 7.45. The van der Waals surface area contributed by atoms with Crippen LogP contribution in [0.2, 0.25) is 0 Å². The quantitative estimate of drug-likeness (QED) is 0.824. The first kappa shape index (κ1) is 18.4. The third-order valence-corrected chi connectivity index (χ3v) is 4.82. The summed E-state index contributed by atoms with van der Waals surface area (Å²) < 4.78 is 5.65. The molecule has 0 spiro atoms. The van der Waals surface area contributed by atoms with Crippen molar-refractivity contribution in [3.63, 3.8) is 0 Å². The number of amides is 2. The highest BCUT2D eigenvalue weighted by molar-refractivity contribution is 5.94.